The zero-order valence-electron chi connectivity index (χ0n) is 17.6. The van der Waals surface area contributed by atoms with Gasteiger partial charge >= 0.3 is 0 Å². The van der Waals surface area contributed by atoms with Crippen LogP contribution in [0.25, 0.3) is 0 Å². The summed E-state index contributed by atoms with van der Waals surface area (Å²) in [6.45, 7) is 4.02. The number of hydrogen-bond acceptors (Lipinski definition) is 5. The van der Waals surface area contributed by atoms with Crippen molar-refractivity contribution in [1.29, 1.82) is 10.7 Å². The Balaban J connectivity index is 1.79. The van der Waals surface area contributed by atoms with Crippen LogP contribution >= 0.6 is 23.2 Å². The molecule has 0 aromatic heterocycles. The SMILES string of the molecule is C=C(Nc1ccc(Cl)cc1)N(C(=N)C(C#N)=C1C(=O)c2ccccc2C1=O)c1ccc(Cl)cc1. The molecule has 8 heteroatoms. The van der Waals surface area contributed by atoms with E-state index in [2.05, 4.69) is 11.9 Å². The topological polar surface area (TPSA) is 97.1 Å². The highest BCUT2D eigenvalue weighted by Gasteiger charge is 2.37. The molecule has 0 heterocycles. The van der Waals surface area contributed by atoms with Gasteiger partial charge in [-0.3, -0.25) is 19.9 Å². The van der Waals surface area contributed by atoms with Crippen molar-refractivity contribution in [3.05, 3.63) is 118 Å². The Hall–Kier alpha value is -4.18. The van der Waals surface area contributed by atoms with E-state index in [0.717, 1.165) is 0 Å². The maximum atomic E-state index is 13.0. The molecule has 0 fully saturated rings. The molecule has 2 N–H and O–H groups in total. The number of carbonyl (C=O) groups is 2. The van der Waals surface area contributed by atoms with Crippen molar-refractivity contribution in [2.75, 3.05) is 10.2 Å². The molecular weight excluding hydrogens is 471 g/mol. The Kier molecular flexibility index (Phi) is 6.33. The third-order valence-corrected chi connectivity index (χ3v) is 5.68. The molecule has 6 nitrogen and oxygen atoms in total. The summed E-state index contributed by atoms with van der Waals surface area (Å²) in [4.78, 5) is 27.3. The van der Waals surface area contributed by atoms with Crippen molar-refractivity contribution in [1.82, 2.24) is 0 Å². The molecule has 3 aromatic rings. The van der Waals surface area contributed by atoms with Crippen LogP contribution in [0.1, 0.15) is 20.7 Å². The molecule has 3 aromatic carbocycles. The van der Waals surface area contributed by atoms with Gasteiger partial charge in [0.2, 0.25) is 0 Å². The fraction of sp³-hybridized carbons (Fsp3) is 0. The van der Waals surface area contributed by atoms with E-state index < -0.39 is 11.6 Å². The van der Waals surface area contributed by atoms with E-state index in [1.165, 1.54) is 17.0 Å². The average Bonchev–Trinajstić information content (AvgIpc) is 3.08. The van der Waals surface area contributed by atoms with Crippen molar-refractivity contribution in [2.45, 2.75) is 0 Å². The van der Waals surface area contributed by atoms with Crippen LogP contribution in [-0.2, 0) is 0 Å². The number of amidine groups is 1. The van der Waals surface area contributed by atoms with Crippen LogP contribution in [0, 0.1) is 16.7 Å². The van der Waals surface area contributed by atoms with E-state index >= 15 is 0 Å². The third-order valence-electron chi connectivity index (χ3n) is 5.18. The van der Waals surface area contributed by atoms with Crippen molar-refractivity contribution >= 4 is 52.0 Å². The first kappa shape index (κ1) is 23.0. The number of Topliss-reactive ketones (excluding diaryl/α,β-unsaturated/α-hetero) is 2. The number of halogens is 2. The van der Waals surface area contributed by atoms with Crippen LogP contribution < -0.4 is 10.2 Å². The van der Waals surface area contributed by atoms with Crippen molar-refractivity contribution in [2.24, 2.45) is 0 Å². The quantitative estimate of drug-likeness (QED) is 0.146. The second-order valence-electron chi connectivity index (χ2n) is 7.30. The third kappa shape index (κ3) is 4.23. The maximum absolute atomic E-state index is 13.0. The van der Waals surface area contributed by atoms with Crippen molar-refractivity contribution in [3.8, 4) is 6.07 Å². The molecule has 0 amide bonds. The van der Waals surface area contributed by atoms with Gasteiger partial charge in [-0.1, -0.05) is 54.0 Å². The van der Waals surface area contributed by atoms with E-state index in [4.69, 9.17) is 28.6 Å². The number of nitrogens with one attached hydrogen (secondary N) is 2. The Bertz CT molecular complexity index is 1380. The lowest BCUT2D eigenvalue weighted by atomic mass is 10.0. The van der Waals surface area contributed by atoms with Gasteiger partial charge in [-0.2, -0.15) is 5.26 Å². The smallest absolute Gasteiger partial charge is 0.199 e. The number of carbonyl (C=O) groups excluding carboxylic acids is 2. The highest BCUT2D eigenvalue weighted by molar-refractivity contribution is 6.42. The molecule has 0 unspecified atom stereocenters. The molecule has 0 aliphatic heterocycles. The summed E-state index contributed by atoms with van der Waals surface area (Å²) in [7, 11) is 0. The number of hydrogen-bond donors (Lipinski definition) is 2. The minimum absolute atomic E-state index is 0.207. The van der Waals surface area contributed by atoms with Crippen molar-refractivity contribution < 1.29 is 9.59 Å². The number of nitriles is 1. The highest BCUT2D eigenvalue weighted by atomic mass is 35.5. The number of rotatable bonds is 5. The fourth-order valence-electron chi connectivity index (χ4n) is 3.58. The lowest BCUT2D eigenvalue weighted by Crippen LogP contribution is -2.34. The predicted molar refractivity (Wildman–Crippen MR) is 134 cm³/mol. The monoisotopic (exact) mass is 486 g/mol. The fourth-order valence-corrected chi connectivity index (χ4v) is 3.84. The van der Waals surface area contributed by atoms with E-state index in [0.29, 0.717) is 21.4 Å². The Morgan fingerprint density at radius 2 is 1.38 bits per heavy atom. The van der Waals surface area contributed by atoms with Crippen LogP contribution in [-0.4, -0.2) is 17.4 Å². The first-order chi connectivity index (χ1) is 16.3. The summed E-state index contributed by atoms with van der Waals surface area (Å²) >= 11 is 12.0. The van der Waals surface area contributed by atoms with Gasteiger partial charge in [-0.25, -0.2) is 0 Å². The average molecular weight is 487 g/mol. The minimum atomic E-state index is -0.589. The molecule has 0 saturated heterocycles. The van der Waals surface area contributed by atoms with Crippen LogP contribution in [0.4, 0.5) is 11.4 Å². The minimum Gasteiger partial charge on any atom is -0.342 e. The molecule has 0 atom stereocenters. The van der Waals surface area contributed by atoms with Crippen molar-refractivity contribution in [3.63, 3.8) is 0 Å². The Labute approximate surface area is 205 Å². The van der Waals surface area contributed by atoms with Crippen LogP contribution in [0.5, 0.6) is 0 Å². The lowest BCUT2D eigenvalue weighted by Gasteiger charge is -2.28. The first-order valence-corrected chi connectivity index (χ1v) is 10.8. The summed E-state index contributed by atoms with van der Waals surface area (Å²) in [5, 5.41) is 22.9. The summed E-state index contributed by atoms with van der Waals surface area (Å²) in [5.41, 5.74) is 0.794. The molecule has 0 radical (unpaired) electrons. The highest BCUT2D eigenvalue weighted by Crippen LogP contribution is 2.31. The van der Waals surface area contributed by atoms with Gasteiger partial charge in [0.25, 0.3) is 0 Å². The number of anilines is 2. The van der Waals surface area contributed by atoms with Gasteiger partial charge in [0.05, 0.1) is 5.57 Å². The summed E-state index contributed by atoms with van der Waals surface area (Å²) in [6, 6.07) is 21.6. The molecule has 0 spiro atoms. The van der Waals surface area contributed by atoms with Gasteiger partial charge in [-0.05, 0) is 48.5 Å². The number of fused-ring (bicyclic) bond motifs is 1. The number of allylic oxidation sites excluding steroid dienone is 1. The number of nitrogens with zero attached hydrogens (tertiary/aromatic N) is 2. The van der Waals surface area contributed by atoms with Gasteiger partial charge in [0, 0.05) is 32.5 Å². The van der Waals surface area contributed by atoms with Gasteiger partial charge in [-0.15, -0.1) is 0 Å². The van der Waals surface area contributed by atoms with E-state index in [1.807, 2.05) is 6.07 Å². The zero-order chi connectivity index (χ0) is 24.4. The zero-order valence-corrected chi connectivity index (χ0v) is 19.1. The lowest BCUT2D eigenvalue weighted by molar-refractivity contribution is 0.0988. The largest absolute Gasteiger partial charge is 0.342 e. The Morgan fingerprint density at radius 3 is 1.88 bits per heavy atom. The number of ketones is 2. The molecule has 34 heavy (non-hydrogen) atoms. The van der Waals surface area contributed by atoms with Gasteiger partial charge < -0.3 is 5.32 Å². The van der Waals surface area contributed by atoms with Gasteiger partial charge in [0.1, 0.15) is 23.3 Å². The summed E-state index contributed by atoms with van der Waals surface area (Å²) < 4.78 is 0. The van der Waals surface area contributed by atoms with Crippen LogP contribution in [0.2, 0.25) is 10.0 Å². The second kappa shape index (κ2) is 9.36. The standard InChI is InChI=1S/C26H16Cl2N4O2/c1-15(31-18-10-6-16(27)7-11-18)32(19-12-8-17(28)9-13-19)26(30)22(14-29)23-24(33)20-4-2-3-5-21(20)25(23)34/h2-13,30-31H,1H2. The summed E-state index contributed by atoms with van der Waals surface area (Å²) in [6.07, 6.45) is 0. The van der Waals surface area contributed by atoms with E-state index in [9.17, 15) is 14.9 Å². The number of benzene rings is 3. The van der Waals surface area contributed by atoms with E-state index in [-0.39, 0.29) is 33.9 Å². The molecule has 1 aliphatic carbocycles. The van der Waals surface area contributed by atoms with E-state index in [1.54, 1.807) is 60.7 Å². The molecule has 166 valence electrons. The predicted octanol–water partition coefficient (Wildman–Crippen LogP) is 6.26. The first-order valence-electron chi connectivity index (χ1n) is 10.0. The summed E-state index contributed by atoms with van der Waals surface area (Å²) in [5.74, 6) is -1.36. The van der Waals surface area contributed by atoms with Crippen LogP contribution in [0.3, 0.4) is 0 Å². The molecular formula is C26H16Cl2N4O2. The molecule has 0 bridgehead atoms. The van der Waals surface area contributed by atoms with Crippen LogP contribution in [0.15, 0.2) is 96.3 Å². The normalized spacial score (nSPS) is 12.1. The molecule has 0 saturated carbocycles. The maximum Gasteiger partial charge on any atom is 0.199 e. The molecule has 4 rings (SSSR count). The Morgan fingerprint density at radius 1 is 0.882 bits per heavy atom. The van der Waals surface area contributed by atoms with Gasteiger partial charge in [0.15, 0.2) is 11.6 Å². The second-order valence-corrected chi connectivity index (χ2v) is 8.18. The molecule has 1 aliphatic rings.